The fourth-order valence-corrected chi connectivity index (χ4v) is 2.61. The van der Waals surface area contributed by atoms with Gasteiger partial charge in [-0.05, 0) is 42.3 Å². The van der Waals surface area contributed by atoms with E-state index in [1.165, 1.54) is 0 Å². The van der Waals surface area contributed by atoms with Crippen molar-refractivity contribution in [1.82, 2.24) is 5.32 Å². The summed E-state index contributed by atoms with van der Waals surface area (Å²) in [5, 5.41) is 5.50. The molecule has 0 fully saturated rings. The number of ether oxygens (including phenoxy) is 2. The fourth-order valence-electron chi connectivity index (χ4n) is 2.61. The Balaban J connectivity index is 0.00000392. The van der Waals surface area contributed by atoms with Gasteiger partial charge in [0.1, 0.15) is 11.5 Å². The molecule has 2 rings (SSSR count). The van der Waals surface area contributed by atoms with Crippen LogP contribution in [-0.4, -0.2) is 39.1 Å². The number of hydrogen-bond donors (Lipinski definition) is 3. The number of amides is 2. The normalized spacial score (nSPS) is 9.82. The number of anilines is 1. The predicted molar refractivity (Wildman–Crippen MR) is 112 cm³/mol. The second-order valence-corrected chi connectivity index (χ2v) is 5.82. The Morgan fingerprint density at radius 1 is 1.07 bits per heavy atom. The van der Waals surface area contributed by atoms with Crippen molar-refractivity contribution in [3.8, 4) is 11.5 Å². The Hall–Kier alpha value is -2.77. The fraction of sp³-hybridized carbons (Fsp3) is 0.300. The summed E-state index contributed by atoms with van der Waals surface area (Å²) in [6.07, 6.45) is 0.718. The van der Waals surface area contributed by atoms with Crippen molar-refractivity contribution in [2.24, 2.45) is 5.73 Å². The third-order valence-electron chi connectivity index (χ3n) is 3.98. The molecule has 2 amide bonds. The van der Waals surface area contributed by atoms with E-state index in [1.54, 1.807) is 44.6 Å². The molecule has 0 aliphatic rings. The number of aryl methyl sites for hydroxylation is 1. The molecule has 7 nitrogen and oxygen atoms in total. The Morgan fingerprint density at radius 3 is 2.50 bits per heavy atom. The van der Waals surface area contributed by atoms with Gasteiger partial charge in [0.15, 0.2) is 0 Å². The van der Waals surface area contributed by atoms with Crippen LogP contribution in [0.3, 0.4) is 0 Å². The number of para-hydroxylation sites is 1. The molecule has 0 saturated heterocycles. The van der Waals surface area contributed by atoms with Gasteiger partial charge in [-0.25, -0.2) is 0 Å². The lowest BCUT2D eigenvalue weighted by Crippen LogP contribution is -2.30. The van der Waals surface area contributed by atoms with E-state index < -0.39 is 0 Å². The molecule has 0 aliphatic carbocycles. The van der Waals surface area contributed by atoms with Crippen LogP contribution in [-0.2, 0) is 11.2 Å². The number of carbonyl (C=O) groups is 2. The van der Waals surface area contributed by atoms with Gasteiger partial charge in [-0.1, -0.05) is 12.1 Å². The lowest BCUT2D eigenvalue weighted by molar-refractivity contribution is -0.116. The number of nitrogens with two attached hydrogens (primary N) is 1. The molecule has 0 unspecified atom stereocenters. The zero-order valence-electron chi connectivity index (χ0n) is 16.0. The maximum atomic E-state index is 12.4. The average Bonchev–Trinajstić information content (AvgIpc) is 2.70. The van der Waals surface area contributed by atoms with E-state index in [9.17, 15) is 9.59 Å². The van der Waals surface area contributed by atoms with Crippen LogP contribution in [0.5, 0.6) is 11.5 Å². The monoisotopic (exact) mass is 407 g/mol. The number of methoxy groups -OCH3 is 2. The molecule has 0 aliphatic heterocycles. The van der Waals surface area contributed by atoms with Crippen LogP contribution >= 0.6 is 12.4 Å². The minimum absolute atomic E-state index is 0. The molecule has 8 heteroatoms. The van der Waals surface area contributed by atoms with Crippen molar-refractivity contribution in [3.05, 3.63) is 53.6 Å². The van der Waals surface area contributed by atoms with E-state index in [0.717, 1.165) is 5.56 Å². The van der Waals surface area contributed by atoms with Crippen LogP contribution in [0.1, 0.15) is 22.3 Å². The number of carbonyl (C=O) groups excluding carboxylic acids is 2. The highest BCUT2D eigenvalue weighted by Crippen LogP contribution is 2.25. The van der Waals surface area contributed by atoms with Gasteiger partial charge < -0.3 is 25.8 Å². The van der Waals surface area contributed by atoms with Crippen molar-refractivity contribution < 1.29 is 19.1 Å². The molecule has 28 heavy (non-hydrogen) atoms. The standard InChI is InChI=1S/C20H25N3O4.ClH/c1-26-15-8-9-18(27-2)14(13-15)7-10-19(24)23-17-6-4-3-5-16(17)20(25)22-12-11-21;/h3-6,8-9,13H,7,10-12,21H2,1-2H3,(H,22,25)(H,23,24);1H. The Kier molecular flexibility index (Phi) is 9.84. The summed E-state index contributed by atoms with van der Waals surface area (Å²) in [5.74, 6) is 0.933. The first-order valence-corrected chi connectivity index (χ1v) is 8.67. The first kappa shape index (κ1) is 23.3. The van der Waals surface area contributed by atoms with Gasteiger partial charge in [-0.15, -0.1) is 12.4 Å². The van der Waals surface area contributed by atoms with Gasteiger partial charge in [0.25, 0.3) is 5.91 Å². The minimum atomic E-state index is -0.272. The van der Waals surface area contributed by atoms with E-state index in [4.69, 9.17) is 15.2 Å². The molecule has 0 spiro atoms. The third kappa shape index (κ3) is 6.44. The topological polar surface area (TPSA) is 103 Å². The van der Waals surface area contributed by atoms with Crippen molar-refractivity contribution in [3.63, 3.8) is 0 Å². The highest BCUT2D eigenvalue weighted by molar-refractivity contribution is 6.03. The highest BCUT2D eigenvalue weighted by atomic mass is 35.5. The van der Waals surface area contributed by atoms with Crippen LogP contribution in [0, 0.1) is 0 Å². The maximum absolute atomic E-state index is 12.4. The molecule has 0 saturated carbocycles. The molecule has 2 aromatic carbocycles. The van der Waals surface area contributed by atoms with Gasteiger partial charge in [0.05, 0.1) is 25.5 Å². The first-order valence-electron chi connectivity index (χ1n) is 8.67. The zero-order chi connectivity index (χ0) is 19.6. The molecule has 2 aromatic rings. The Morgan fingerprint density at radius 2 is 1.82 bits per heavy atom. The van der Waals surface area contributed by atoms with Crippen molar-refractivity contribution >= 4 is 29.9 Å². The van der Waals surface area contributed by atoms with Crippen LogP contribution in [0.25, 0.3) is 0 Å². The SMILES string of the molecule is COc1ccc(OC)c(CCC(=O)Nc2ccccc2C(=O)NCCN)c1.Cl. The largest absolute Gasteiger partial charge is 0.497 e. The van der Waals surface area contributed by atoms with Crippen molar-refractivity contribution in [2.75, 3.05) is 32.6 Å². The van der Waals surface area contributed by atoms with E-state index in [2.05, 4.69) is 10.6 Å². The minimum Gasteiger partial charge on any atom is -0.497 e. The van der Waals surface area contributed by atoms with E-state index in [1.807, 2.05) is 12.1 Å². The molecule has 0 bridgehead atoms. The Labute approximate surface area is 171 Å². The molecule has 0 aromatic heterocycles. The van der Waals surface area contributed by atoms with Gasteiger partial charge in [0, 0.05) is 19.5 Å². The third-order valence-corrected chi connectivity index (χ3v) is 3.98. The molecule has 0 heterocycles. The number of halogens is 1. The lowest BCUT2D eigenvalue weighted by Gasteiger charge is -2.12. The number of nitrogens with one attached hydrogen (secondary N) is 2. The van der Waals surface area contributed by atoms with E-state index in [0.29, 0.717) is 42.3 Å². The summed E-state index contributed by atoms with van der Waals surface area (Å²) in [7, 11) is 3.17. The maximum Gasteiger partial charge on any atom is 0.253 e. The predicted octanol–water partition coefficient (Wildman–Crippen LogP) is 2.39. The Bertz CT molecular complexity index is 799. The highest BCUT2D eigenvalue weighted by Gasteiger charge is 2.13. The summed E-state index contributed by atoms with van der Waals surface area (Å²) >= 11 is 0. The van der Waals surface area contributed by atoms with E-state index >= 15 is 0 Å². The van der Waals surface area contributed by atoms with Crippen LogP contribution < -0.4 is 25.8 Å². The smallest absolute Gasteiger partial charge is 0.253 e. The van der Waals surface area contributed by atoms with Crippen LogP contribution in [0.4, 0.5) is 5.69 Å². The second kappa shape index (κ2) is 11.8. The van der Waals surface area contributed by atoms with Crippen LogP contribution in [0.2, 0.25) is 0 Å². The van der Waals surface area contributed by atoms with Gasteiger partial charge >= 0.3 is 0 Å². The summed E-state index contributed by atoms with van der Waals surface area (Å²) in [6, 6.07) is 12.3. The molecule has 0 atom stereocenters. The van der Waals surface area contributed by atoms with Crippen LogP contribution in [0.15, 0.2) is 42.5 Å². The van der Waals surface area contributed by atoms with Gasteiger partial charge in [-0.3, -0.25) is 9.59 Å². The molecule has 4 N–H and O–H groups in total. The molecule has 0 radical (unpaired) electrons. The molecular weight excluding hydrogens is 382 g/mol. The second-order valence-electron chi connectivity index (χ2n) is 5.82. The molecular formula is C20H26ClN3O4. The molecule has 152 valence electrons. The number of benzene rings is 2. The number of hydrogen-bond acceptors (Lipinski definition) is 5. The summed E-state index contributed by atoms with van der Waals surface area (Å²) in [4.78, 5) is 24.6. The van der Waals surface area contributed by atoms with Crippen molar-refractivity contribution in [1.29, 1.82) is 0 Å². The van der Waals surface area contributed by atoms with E-state index in [-0.39, 0.29) is 30.6 Å². The number of rotatable bonds is 9. The summed E-state index contributed by atoms with van der Waals surface area (Å²) in [6.45, 7) is 0.722. The first-order chi connectivity index (χ1) is 13.1. The summed E-state index contributed by atoms with van der Waals surface area (Å²) < 4.78 is 10.6. The van der Waals surface area contributed by atoms with Gasteiger partial charge in [-0.2, -0.15) is 0 Å². The zero-order valence-corrected chi connectivity index (χ0v) is 16.8. The quantitative estimate of drug-likeness (QED) is 0.592. The van der Waals surface area contributed by atoms with Gasteiger partial charge in [0.2, 0.25) is 5.91 Å². The summed E-state index contributed by atoms with van der Waals surface area (Å²) in [5.41, 5.74) is 7.15. The average molecular weight is 408 g/mol. The lowest BCUT2D eigenvalue weighted by atomic mass is 10.1. The van der Waals surface area contributed by atoms with Crippen molar-refractivity contribution in [2.45, 2.75) is 12.8 Å².